The van der Waals surface area contributed by atoms with E-state index in [-0.39, 0.29) is 0 Å². The lowest BCUT2D eigenvalue weighted by Crippen LogP contribution is -2.53. The van der Waals surface area contributed by atoms with Gasteiger partial charge in [-0.15, -0.1) is 0 Å². The van der Waals surface area contributed by atoms with Crippen molar-refractivity contribution in [3.8, 4) is 0 Å². The maximum Gasteiger partial charge on any atom is 0.0154 e. The summed E-state index contributed by atoms with van der Waals surface area (Å²) in [5.41, 5.74) is 5.87. The van der Waals surface area contributed by atoms with Crippen LogP contribution in [0.15, 0.2) is 0 Å². The van der Waals surface area contributed by atoms with Crippen molar-refractivity contribution < 1.29 is 0 Å². The summed E-state index contributed by atoms with van der Waals surface area (Å²) in [4.78, 5) is 2.57. The Labute approximate surface area is 81.7 Å². The Morgan fingerprint density at radius 3 is 2.46 bits per heavy atom. The third-order valence-electron chi connectivity index (χ3n) is 2.97. The fourth-order valence-electron chi connectivity index (χ4n) is 1.96. The second-order valence-electron chi connectivity index (χ2n) is 4.44. The van der Waals surface area contributed by atoms with Gasteiger partial charge in [0.1, 0.15) is 0 Å². The zero-order valence-corrected chi connectivity index (χ0v) is 8.97. The molecule has 0 aliphatic carbocycles. The zero-order valence-electron chi connectivity index (χ0n) is 8.97. The van der Waals surface area contributed by atoms with Gasteiger partial charge < -0.3 is 11.1 Å². The van der Waals surface area contributed by atoms with Crippen molar-refractivity contribution in [3.05, 3.63) is 0 Å². The van der Waals surface area contributed by atoms with Gasteiger partial charge in [-0.3, -0.25) is 4.90 Å². The molecule has 1 saturated heterocycles. The zero-order chi connectivity index (χ0) is 9.73. The first kappa shape index (κ1) is 11.0. The van der Waals surface area contributed by atoms with Crippen LogP contribution in [0.5, 0.6) is 0 Å². The van der Waals surface area contributed by atoms with E-state index in [2.05, 4.69) is 24.1 Å². The van der Waals surface area contributed by atoms with Crippen molar-refractivity contribution in [1.29, 1.82) is 0 Å². The predicted molar refractivity (Wildman–Crippen MR) is 56.8 cm³/mol. The van der Waals surface area contributed by atoms with Crippen LogP contribution in [0.4, 0.5) is 0 Å². The van der Waals surface area contributed by atoms with Crippen molar-refractivity contribution in [2.24, 2.45) is 5.73 Å². The number of nitrogens with zero attached hydrogens (tertiary/aromatic N) is 1. The van der Waals surface area contributed by atoms with E-state index in [9.17, 15) is 0 Å². The molecule has 0 amide bonds. The van der Waals surface area contributed by atoms with Gasteiger partial charge in [-0.2, -0.15) is 0 Å². The van der Waals surface area contributed by atoms with Crippen molar-refractivity contribution in [1.82, 2.24) is 10.2 Å². The van der Waals surface area contributed by atoms with Gasteiger partial charge in [0.15, 0.2) is 0 Å². The molecule has 3 nitrogen and oxygen atoms in total. The standard InChI is InChI=1S/C10H23N3/c1-10(2,4-3-5-11)13-8-6-12-7-9-13/h12H,3-9,11H2,1-2H3. The summed E-state index contributed by atoms with van der Waals surface area (Å²) >= 11 is 0. The number of nitrogens with two attached hydrogens (primary N) is 1. The largest absolute Gasteiger partial charge is 0.330 e. The van der Waals surface area contributed by atoms with Gasteiger partial charge in [0.2, 0.25) is 0 Å². The smallest absolute Gasteiger partial charge is 0.0154 e. The molecule has 78 valence electrons. The highest BCUT2D eigenvalue weighted by molar-refractivity contribution is 4.84. The second kappa shape index (κ2) is 4.94. The van der Waals surface area contributed by atoms with Crippen LogP contribution in [0.2, 0.25) is 0 Å². The van der Waals surface area contributed by atoms with E-state index in [1.165, 1.54) is 19.5 Å². The summed E-state index contributed by atoms with van der Waals surface area (Å²) < 4.78 is 0. The first-order chi connectivity index (χ1) is 6.17. The quantitative estimate of drug-likeness (QED) is 0.666. The summed E-state index contributed by atoms with van der Waals surface area (Å²) in [6.07, 6.45) is 2.35. The first-order valence-corrected chi connectivity index (χ1v) is 5.32. The number of rotatable bonds is 4. The average Bonchev–Trinajstić information content (AvgIpc) is 2.16. The lowest BCUT2D eigenvalue weighted by molar-refractivity contribution is 0.0943. The molecule has 0 spiro atoms. The Hall–Kier alpha value is -0.120. The van der Waals surface area contributed by atoms with E-state index in [1.807, 2.05) is 0 Å². The number of nitrogens with one attached hydrogen (secondary N) is 1. The molecular formula is C10H23N3. The van der Waals surface area contributed by atoms with Crippen molar-refractivity contribution >= 4 is 0 Å². The van der Waals surface area contributed by atoms with Crippen LogP contribution < -0.4 is 11.1 Å². The number of hydrogen-bond donors (Lipinski definition) is 2. The Morgan fingerprint density at radius 1 is 1.31 bits per heavy atom. The summed E-state index contributed by atoms with van der Waals surface area (Å²) in [7, 11) is 0. The molecule has 3 N–H and O–H groups in total. The molecule has 0 atom stereocenters. The van der Waals surface area contributed by atoms with E-state index in [0.717, 1.165) is 26.1 Å². The van der Waals surface area contributed by atoms with Gasteiger partial charge in [-0.1, -0.05) is 0 Å². The van der Waals surface area contributed by atoms with E-state index in [0.29, 0.717) is 5.54 Å². The molecule has 0 radical (unpaired) electrons. The molecular weight excluding hydrogens is 162 g/mol. The third-order valence-corrected chi connectivity index (χ3v) is 2.97. The van der Waals surface area contributed by atoms with Crippen molar-refractivity contribution in [3.63, 3.8) is 0 Å². The lowest BCUT2D eigenvalue weighted by Gasteiger charge is -2.41. The van der Waals surface area contributed by atoms with Gasteiger partial charge in [-0.05, 0) is 33.2 Å². The highest BCUT2D eigenvalue weighted by Gasteiger charge is 2.26. The maximum atomic E-state index is 5.53. The van der Waals surface area contributed by atoms with Gasteiger partial charge in [0.25, 0.3) is 0 Å². The summed E-state index contributed by atoms with van der Waals surface area (Å²) in [6, 6.07) is 0. The van der Waals surface area contributed by atoms with Gasteiger partial charge >= 0.3 is 0 Å². The van der Waals surface area contributed by atoms with E-state index < -0.39 is 0 Å². The Morgan fingerprint density at radius 2 is 1.92 bits per heavy atom. The van der Waals surface area contributed by atoms with Crippen LogP contribution in [0.1, 0.15) is 26.7 Å². The minimum absolute atomic E-state index is 0.335. The number of piperazine rings is 1. The first-order valence-electron chi connectivity index (χ1n) is 5.32. The molecule has 13 heavy (non-hydrogen) atoms. The van der Waals surface area contributed by atoms with Crippen LogP contribution in [0, 0.1) is 0 Å². The molecule has 3 heteroatoms. The van der Waals surface area contributed by atoms with Gasteiger partial charge in [0.05, 0.1) is 0 Å². The van der Waals surface area contributed by atoms with Gasteiger partial charge in [-0.25, -0.2) is 0 Å². The monoisotopic (exact) mass is 185 g/mol. The van der Waals surface area contributed by atoms with E-state index in [1.54, 1.807) is 0 Å². The fraction of sp³-hybridized carbons (Fsp3) is 1.00. The maximum absolute atomic E-state index is 5.53. The average molecular weight is 185 g/mol. The molecule has 0 aromatic carbocycles. The lowest BCUT2D eigenvalue weighted by atomic mass is 9.95. The molecule has 0 saturated carbocycles. The number of hydrogen-bond acceptors (Lipinski definition) is 3. The SMILES string of the molecule is CC(C)(CCCN)N1CCNCC1. The third kappa shape index (κ3) is 3.25. The highest BCUT2D eigenvalue weighted by Crippen LogP contribution is 2.20. The molecule has 0 unspecified atom stereocenters. The Kier molecular flexibility index (Phi) is 4.16. The summed E-state index contributed by atoms with van der Waals surface area (Å²) in [5.74, 6) is 0. The molecule has 0 aromatic rings. The molecule has 1 fully saturated rings. The van der Waals surface area contributed by atoms with Crippen molar-refractivity contribution in [2.45, 2.75) is 32.2 Å². The van der Waals surface area contributed by atoms with Crippen LogP contribution in [0.3, 0.4) is 0 Å². The highest BCUT2D eigenvalue weighted by atomic mass is 15.2. The molecule has 0 aromatic heterocycles. The molecule has 1 aliphatic rings. The minimum atomic E-state index is 0.335. The van der Waals surface area contributed by atoms with E-state index in [4.69, 9.17) is 5.73 Å². The molecule has 1 heterocycles. The van der Waals surface area contributed by atoms with Crippen LogP contribution in [0.25, 0.3) is 0 Å². The van der Waals surface area contributed by atoms with Gasteiger partial charge in [0, 0.05) is 31.7 Å². The summed E-state index contributed by atoms with van der Waals surface area (Å²) in [5, 5.41) is 3.38. The Bertz CT molecular complexity index is 139. The minimum Gasteiger partial charge on any atom is -0.330 e. The second-order valence-corrected chi connectivity index (χ2v) is 4.44. The molecule has 0 bridgehead atoms. The Balaban J connectivity index is 2.36. The van der Waals surface area contributed by atoms with Crippen LogP contribution in [-0.2, 0) is 0 Å². The fourth-order valence-corrected chi connectivity index (χ4v) is 1.96. The van der Waals surface area contributed by atoms with E-state index >= 15 is 0 Å². The molecule has 1 rings (SSSR count). The summed E-state index contributed by atoms with van der Waals surface area (Å²) in [6.45, 7) is 10.1. The van der Waals surface area contributed by atoms with Crippen molar-refractivity contribution in [2.75, 3.05) is 32.7 Å². The normalized spacial score (nSPS) is 20.5. The predicted octanol–water partition coefficient (Wildman–Crippen LogP) is 0.409. The topological polar surface area (TPSA) is 41.3 Å². The van der Waals surface area contributed by atoms with Crippen LogP contribution in [-0.4, -0.2) is 43.2 Å². The molecule has 1 aliphatic heterocycles. The van der Waals surface area contributed by atoms with Crippen LogP contribution >= 0.6 is 0 Å².